The Bertz CT molecular complexity index is 406. The largest absolute Gasteiger partial charge is 0.327 e. The molecule has 0 spiro atoms. The Hall–Kier alpha value is -0.740. The fourth-order valence-electron chi connectivity index (χ4n) is 1.46. The number of carbonyl (C=O) groups is 1. The number of benzene rings is 1. The van der Waals surface area contributed by atoms with Crippen molar-refractivity contribution in [3.63, 3.8) is 0 Å². The first-order valence-corrected chi connectivity index (χ1v) is 6.40. The molecule has 0 radical (unpaired) electrons. The average Bonchev–Trinajstić information content (AvgIpc) is 2.23. The van der Waals surface area contributed by atoms with Crippen LogP contribution in [0.5, 0.6) is 0 Å². The minimum absolute atomic E-state index is 0.0248. The van der Waals surface area contributed by atoms with E-state index in [0.29, 0.717) is 12.0 Å². The summed E-state index contributed by atoms with van der Waals surface area (Å²) in [6, 6.07) is 4.45. The van der Waals surface area contributed by atoms with Crippen LogP contribution in [0.3, 0.4) is 0 Å². The van der Waals surface area contributed by atoms with Crippen molar-refractivity contribution < 1.29 is 9.18 Å². The van der Waals surface area contributed by atoms with Crippen LogP contribution in [-0.4, -0.2) is 11.8 Å². The second-order valence-corrected chi connectivity index (χ2v) is 5.48. The molecule has 0 aliphatic heterocycles. The number of rotatable bonds is 5. The Morgan fingerprint density at radius 1 is 1.47 bits per heavy atom. The first-order valence-electron chi connectivity index (χ1n) is 5.61. The number of halogens is 2. The van der Waals surface area contributed by atoms with E-state index in [1.807, 2.05) is 13.8 Å². The van der Waals surface area contributed by atoms with Crippen LogP contribution in [0, 0.1) is 11.7 Å². The van der Waals surface area contributed by atoms with Gasteiger partial charge >= 0.3 is 0 Å². The van der Waals surface area contributed by atoms with E-state index in [2.05, 4.69) is 15.9 Å². The van der Waals surface area contributed by atoms with Crippen LogP contribution in [0.4, 0.5) is 4.39 Å². The van der Waals surface area contributed by atoms with Crippen molar-refractivity contribution in [3.05, 3.63) is 34.1 Å². The Kier molecular flexibility index (Phi) is 5.28. The standard InChI is InChI=1S/C13H17BrFNO/c1-8(2)13(16)7-11(17)6-9-5-10(14)3-4-12(9)15/h3-5,8,13H,6-7,16H2,1-2H3. The number of ketones is 1. The zero-order valence-electron chi connectivity index (χ0n) is 10.0. The summed E-state index contributed by atoms with van der Waals surface area (Å²) in [5.74, 6) is -0.117. The number of carbonyl (C=O) groups excluding carboxylic acids is 1. The lowest BCUT2D eigenvalue weighted by Gasteiger charge is -2.14. The summed E-state index contributed by atoms with van der Waals surface area (Å²) in [5.41, 5.74) is 6.23. The van der Waals surface area contributed by atoms with Crippen molar-refractivity contribution in [1.82, 2.24) is 0 Å². The van der Waals surface area contributed by atoms with E-state index in [4.69, 9.17) is 5.73 Å². The van der Waals surface area contributed by atoms with E-state index in [1.165, 1.54) is 6.07 Å². The Labute approximate surface area is 110 Å². The highest BCUT2D eigenvalue weighted by atomic mass is 79.9. The smallest absolute Gasteiger partial charge is 0.138 e. The number of nitrogens with two attached hydrogens (primary N) is 1. The molecule has 1 aromatic rings. The predicted molar refractivity (Wildman–Crippen MR) is 70.2 cm³/mol. The lowest BCUT2D eigenvalue weighted by atomic mass is 9.97. The van der Waals surface area contributed by atoms with E-state index in [9.17, 15) is 9.18 Å². The van der Waals surface area contributed by atoms with Gasteiger partial charge in [0.15, 0.2) is 0 Å². The Morgan fingerprint density at radius 3 is 2.71 bits per heavy atom. The van der Waals surface area contributed by atoms with E-state index < -0.39 is 0 Å². The molecule has 1 unspecified atom stereocenters. The molecule has 0 amide bonds. The lowest BCUT2D eigenvalue weighted by Crippen LogP contribution is -2.29. The maximum Gasteiger partial charge on any atom is 0.138 e. The van der Waals surface area contributed by atoms with Crippen LogP contribution < -0.4 is 5.73 Å². The average molecular weight is 302 g/mol. The zero-order valence-corrected chi connectivity index (χ0v) is 11.6. The van der Waals surface area contributed by atoms with Gasteiger partial charge in [-0.15, -0.1) is 0 Å². The SMILES string of the molecule is CC(C)C(N)CC(=O)Cc1cc(Br)ccc1F. The molecule has 0 saturated heterocycles. The predicted octanol–water partition coefficient (Wildman–Crippen LogP) is 3.07. The molecule has 1 atom stereocenters. The maximum absolute atomic E-state index is 13.4. The maximum atomic E-state index is 13.4. The highest BCUT2D eigenvalue weighted by Gasteiger charge is 2.15. The molecule has 0 aliphatic rings. The molecule has 1 aromatic carbocycles. The van der Waals surface area contributed by atoms with E-state index >= 15 is 0 Å². The highest BCUT2D eigenvalue weighted by Crippen LogP contribution is 2.17. The third kappa shape index (κ3) is 4.56. The van der Waals surface area contributed by atoms with Crippen molar-refractivity contribution in [2.24, 2.45) is 11.7 Å². The third-order valence-electron chi connectivity index (χ3n) is 2.72. The molecule has 4 heteroatoms. The summed E-state index contributed by atoms with van der Waals surface area (Å²) in [5, 5.41) is 0. The molecule has 0 aromatic heterocycles. The molecule has 0 aliphatic carbocycles. The van der Waals surface area contributed by atoms with Gasteiger partial charge in [0.1, 0.15) is 11.6 Å². The van der Waals surface area contributed by atoms with Crippen molar-refractivity contribution in [2.75, 3.05) is 0 Å². The first-order chi connectivity index (χ1) is 7.90. The third-order valence-corrected chi connectivity index (χ3v) is 3.21. The summed E-state index contributed by atoms with van der Waals surface area (Å²) >= 11 is 3.26. The van der Waals surface area contributed by atoms with E-state index in [-0.39, 0.29) is 30.0 Å². The normalized spacial score (nSPS) is 12.8. The van der Waals surface area contributed by atoms with Crippen LogP contribution in [0.15, 0.2) is 22.7 Å². The summed E-state index contributed by atoms with van der Waals surface area (Å²) in [6.07, 6.45) is 0.398. The van der Waals surface area contributed by atoms with Crippen LogP contribution in [0.2, 0.25) is 0 Å². The van der Waals surface area contributed by atoms with Crippen molar-refractivity contribution in [3.8, 4) is 0 Å². The van der Waals surface area contributed by atoms with Gasteiger partial charge in [-0.3, -0.25) is 4.79 Å². The Balaban J connectivity index is 2.65. The van der Waals surface area contributed by atoms with Gasteiger partial charge in [0.2, 0.25) is 0 Å². The molecule has 0 saturated carbocycles. The monoisotopic (exact) mass is 301 g/mol. The number of Topliss-reactive ketones (excluding diaryl/α,β-unsaturated/α-hetero) is 1. The van der Waals surface area contributed by atoms with Crippen LogP contribution in [0.25, 0.3) is 0 Å². The van der Waals surface area contributed by atoms with Gasteiger partial charge in [-0.1, -0.05) is 29.8 Å². The first kappa shape index (κ1) is 14.3. The van der Waals surface area contributed by atoms with Crippen molar-refractivity contribution >= 4 is 21.7 Å². The van der Waals surface area contributed by atoms with Gasteiger partial charge in [0.25, 0.3) is 0 Å². The van der Waals surface area contributed by atoms with Crippen LogP contribution in [-0.2, 0) is 11.2 Å². The van der Waals surface area contributed by atoms with Crippen LogP contribution >= 0.6 is 15.9 Å². The molecule has 2 nitrogen and oxygen atoms in total. The molecule has 1 rings (SSSR count). The fraction of sp³-hybridized carbons (Fsp3) is 0.462. The quantitative estimate of drug-likeness (QED) is 0.908. The van der Waals surface area contributed by atoms with Gasteiger partial charge in [-0.05, 0) is 29.7 Å². The molecule has 2 N–H and O–H groups in total. The number of hydrogen-bond acceptors (Lipinski definition) is 2. The minimum Gasteiger partial charge on any atom is -0.327 e. The molecular formula is C13H17BrFNO. The van der Waals surface area contributed by atoms with Crippen molar-refractivity contribution in [1.29, 1.82) is 0 Å². The number of hydrogen-bond donors (Lipinski definition) is 1. The summed E-state index contributed by atoms with van der Waals surface area (Å²) < 4.78 is 14.2. The summed E-state index contributed by atoms with van der Waals surface area (Å²) in [4.78, 5) is 11.7. The van der Waals surface area contributed by atoms with Crippen molar-refractivity contribution in [2.45, 2.75) is 32.7 Å². The van der Waals surface area contributed by atoms with E-state index in [1.54, 1.807) is 12.1 Å². The fourth-order valence-corrected chi connectivity index (χ4v) is 1.87. The summed E-state index contributed by atoms with van der Waals surface area (Å²) in [7, 11) is 0. The van der Waals surface area contributed by atoms with Gasteiger partial charge in [-0.25, -0.2) is 4.39 Å². The van der Waals surface area contributed by atoms with Gasteiger partial charge in [-0.2, -0.15) is 0 Å². The molecule has 17 heavy (non-hydrogen) atoms. The lowest BCUT2D eigenvalue weighted by molar-refractivity contribution is -0.119. The Morgan fingerprint density at radius 2 is 2.12 bits per heavy atom. The summed E-state index contributed by atoms with van der Waals surface area (Å²) in [6.45, 7) is 3.94. The molecule has 0 bridgehead atoms. The molecule has 94 valence electrons. The van der Waals surface area contributed by atoms with Gasteiger partial charge < -0.3 is 5.73 Å². The van der Waals surface area contributed by atoms with Crippen LogP contribution in [0.1, 0.15) is 25.8 Å². The van der Waals surface area contributed by atoms with Gasteiger partial charge in [0, 0.05) is 23.4 Å². The zero-order chi connectivity index (χ0) is 13.0. The molecule has 0 heterocycles. The minimum atomic E-state index is -0.348. The molecular weight excluding hydrogens is 285 g/mol. The molecule has 0 fully saturated rings. The van der Waals surface area contributed by atoms with Gasteiger partial charge in [0.05, 0.1) is 0 Å². The second-order valence-electron chi connectivity index (χ2n) is 4.56. The van der Waals surface area contributed by atoms with E-state index in [0.717, 1.165) is 4.47 Å². The second kappa shape index (κ2) is 6.26. The highest BCUT2D eigenvalue weighted by molar-refractivity contribution is 9.10. The topological polar surface area (TPSA) is 43.1 Å².